The quantitative estimate of drug-likeness (QED) is 0.440. The molecule has 0 aliphatic carbocycles. The van der Waals surface area contributed by atoms with E-state index in [0.717, 1.165) is 11.1 Å². The highest BCUT2D eigenvalue weighted by atomic mass is 35.5. The maximum absolute atomic E-state index is 11.9. The topological polar surface area (TPSA) is 26.3 Å². The van der Waals surface area contributed by atoms with E-state index in [1.807, 2.05) is 18.2 Å². The highest BCUT2D eigenvalue weighted by Crippen LogP contribution is 2.36. The fraction of sp³-hybridized carbons (Fsp3) is 0. The lowest BCUT2D eigenvalue weighted by atomic mass is 10.0. The Kier molecular flexibility index (Phi) is 3.05. The highest BCUT2D eigenvalue weighted by molar-refractivity contribution is 6.36. The Hall–Kier alpha value is -1.77. The van der Waals surface area contributed by atoms with E-state index >= 15 is 0 Å². The standard InChI is InChI=1S/C15H8Cl2O2/c16-10-6-5-9(13(17)8-10)7-12-11-3-1-2-4-14(11)19-15(12)18/h1-8H/b12-7+. The van der Waals surface area contributed by atoms with Gasteiger partial charge in [-0.25, -0.2) is 4.79 Å². The number of hydrogen-bond acceptors (Lipinski definition) is 2. The van der Waals surface area contributed by atoms with Crippen LogP contribution in [0.25, 0.3) is 11.6 Å². The lowest BCUT2D eigenvalue weighted by Gasteiger charge is -2.00. The minimum Gasteiger partial charge on any atom is -0.422 e. The van der Waals surface area contributed by atoms with Crippen LogP contribution in [0.3, 0.4) is 0 Å². The van der Waals surface area contributed by atoms with Gasteiger partial charge in [0, 0.05) is 15.6 Å². The lowest BCUT2D eigenvalue weighted by Crippen LogP contribution is -2.00. The molecule has 1 aliphatic heterocycles. The smallest absolute Gasteiger partial charge is 0.344 e. The Morgan fingerprint density at radius 1 is 1.05 bits per heavy atom. The van der Waals surface area contributed by atoms with Gasteiger partial charge in [0.25, 0.3) is 0 Å². The number of fused-ring (bicyclic) bond motifs is 1. The van der Waals surface area contributed by atoms with Crippen molar-refractivity contribution in [1.29, 1.82) is 0 Å². The van der Waals surface area contributed by atoms with Crippen molar-refractivity contribution in [3.63, 3.8) is 0 Å². The maximum atomic E-state index is 11.9. The van der Waals surface area contributed by atoms with E-state index in [1.54, 1.807) is 30.3 Å². The first-order valence-electron chi connectivity index (χ1n) is 5.63. The van der Waals surface area contributed by atoms with Crippen LogP contribution in [0.2, 0.25) is 10.0 Å². The molecule has 2 aromatic carbocycles. The van der Waals surface area contributed by atoms with Gasteiger partial charge in [-0.15, -0.1) is 0 Å². The van der Waals surface area contributed by atoms with Crippen molar-refractivity contribution in [3.8, 4) is 5.75 Å². The van der Waals surface area contributed by atoms with Gasteiger partial charge in [-0.05, 0) is 29.8 Å². The first kappa shape index (κ1) is 12.3. The molecule has 2 nitrogen and oxygen atoms in total. The van der Waals surface area contributed by atoms with Gasteiger partial charge in [0.15, 0.2) is 0 Å². The van der Waals surface area contributed by atoms with Crippen molar-refractivity contribution in [3.05, 3.63) is 63.6 Å². The molecular weight excluding hydrogens is 283 g/mol. The fourth-order valence-corrected chi connectivity index (χ4v) is 2.42. The molecule has 0 fully saturated rings. The van der Waals surface area contributed by atoms with Gasteiger partial charge in [-0.1, -0.05) is 47.5 Å². The molecule has 94 valence electrons. The summed E-state index contributed by atoms with van der Waals surface area (Å²) >= 11 is 11.9. The van der Waals surface area contributed by atoms with E-state index in [2.05, 4.69) is 0 Å². The monoisotopic (exact) mass is 290 g/mol. The van der Waals surface area contributed by atoms with Gasteiger partial charge in [-0.2, -0.15) is 0 Å². The number of carbonyl (C=O) groups excluding carboxylic acids is 1. The largest absolute Gasteiger partial charge is 0.422 e. The molecule has 0 radical (unpaired) electrons. The van der Waals surface area contributed by atoms with Crippen LogP contribution in [0.1, 0.15) is 11.1 Å². The molecule has 0 saturated carbocycles. The summed E-state index contributed by atoms with van der Waals surface area (Å²) in [5.41, 5.74) is 2.01. The minimum absolute atomic E-state index is 0.368. The normalized spacial score (nSPS) is 15.5. The van der Waals surface area contributed by atoms with Crippen molar-refractivity contribution in [1.82, 2.24) is 0 Å². The third-order valence-corrected chi connectivity index (χ3v) is 3.42. The van der Waals surface area contributed by atoms with Gasteiger partial charge in [0.05, 0.1) is 5.57 Å². The number of carbonyl (C=O) groups is 1. The van der Waals surface area contributed by atoms with Gasteiger partial charge >= 0.3 is 5.97 Å². The first-order valence-corrected chi connectivity index (χ1v) is 6.39. The zero-order valence-electron chi connectivity index (χ0n) is 9.69. The van der Waals surface area contributed by atoms with Crippen LogP contribution in [0.15, 0.2) is 42.5 Å². The third-order valence-electron chi connectivity index (χ3n) is 2.86. The average molecular weight is 291 g/mol. The second kappa shape index (κ2) is 4.72. The van der Waals surface area contributed by atoms with E-state index in [0.29, 0.717) is 21.4 Å². The summed E-state index contributed by atoms with van der Waals surface area (Å²) in [6.07, 6.45) is 1.72. The molecule has 0 atom stereocenters. The number of ether oxygens (including phenoxy) is 1. The van der Waals surface area contributed by atoms with Gasteiger partial charge in [-0.3, -0.25) is 0 Å². The van der Waals surface area contributed by atoms with E-state index < -0.39 is 0 Å². The highest BCUT2D eigenvalue weighted by Gasteiger charge is 2.26. The number of esters is 1. The number of benzene rings is 2. The molecular formula is C15H8Cl2O2. The SMILES string of the molecule is O=C1Oc2ccccc2/C1=C\c1ccc(Cl)cc1Cl. The van der Waals surface area contributed by atoms with Crippen molar-refractivity contribution >= 4 is 40.8 Å². The summed E-state index contributed by atoms with van der Waals surface area (Å²) in [5, 5.41) is 1.05. The van der Waals surface area contributed by atoms with Crippen molar-refractivity contribution in [2.45, 2.75) is 0 Å². The average Bonchev–Trinajstić information content (AvgIpc) is 2.69. The van der Waals surface area contributed by atoms with Gasteiger partial charge in [0.2, 0.25) is 0 Å². The molecule has 1 aliphatic rings. The predicted octanol–water partition coefficient (Wildman–Crippen LogP) is 4.45. The van der Waals surface area contributed by atoms with Crippen molar-refractivity contribution in [2.75, 3.05) is 0 Å². The Morgan fingerprint density at radius 3 is 2.63 bits per heavy atom. The van der Waals surface area contributed by atoms with Crippen LogP contribution in [-0.2, 0) is 4.79 Å². The Labute approximate surface area is 120 Å². The summed E-state index contributed by atoms with van der Waals surface area (Å²) in [7, 11) is 0. The van der Waals surface area contributed by atoms with Crippen LogP contribution in [0.4, 0.5) is 0 Å². The molecule has 0 saturated heterocycles. The van der Waals surface area contributed by atoms with E-state index in [1.165, 1.54) is 0 Å². The molecule has 4 heteroatoms. The molecule has 0 N–H and O–H groups in total. The Morgan fingerprint density at radius 2 is 1.84 bits per heavy atom. The molecule has 0 bridgehead atoms. The van der Waals surface area contributed by atoms with E-state index in [9.17, 15) is 4.79 Å². The number of halogens is 2. The lowest BCUT2D eigenvalue weighted by molar-refractivity contribution is -0.126. The summed E-state index contributed by atoms with van der Waals surface area (Å²) in [4.78, 5) is 11.9. The minimum atomic E-state index is -0.368. The fourth-order valence-electron chi connectivity index (χ4n) is 1.95. The van der Waals surface area contributed by atoms with Crippen molar-refractivity contribution < 1.29 is 9.53 Å². The summed E-state index contributed by atoms with van der Waals surface area (Å²) < 4.78 is 5.18. The molecule has 19 heavy (non-hydrogen) atoms. The molecule has 1 heterocycles. The van der Waals surface area contributed by atoms with Crippen LogP contribution in [-0.4, -0.2) is 5.97 Å². The molecule has 3 rings (SSSR count). The van der Waals surface area contributed by atoms with Crippen molar-refractivity contribution in [2.24, 2.45) is 0 Å². The van der Waals surface area contributed by atoms with Crippen LogP contribution >= 0.6 is 23.2 Å². The number of para-hydroxylation sites is 1. The van der Waals surface area contributed by atoms with Crippen LogP contribution < -0.4 is 4.74 Å². The first-order chi connectivity index (χ1) is 9.15. The van der Waals surface area contributed by atoms with E-state index in [-0.39, 0.29) is 5.97 Å². The second-order valence-corrected chi connectivity index (χ2v) is 4.95. The van der Waals surface area contributed by atoms with Gasteiger partial charge < -0.3 is 4.74 Å². The zero-order chi connectivity index (χ0) is 13.4. The third kappa shape index (κ3) is 2.25. The summed E-state index contributed by atoms with van der Waals surface area (Å²) in [6.45, 7) is 0. The Balaban J connectivity index is 2.11. The molecule has 0 unspecified atom stereocenters. The molecule has 2 aromatic rings. The summed E-state index contributed by atoms with van der Waals surface area (Å²) in [6, 6.07) is 12.4. The maximum Gasteiger partial charge on any atom is 0.344 e. The molecule has 0 spiro atoms. The molecule has 0 aromatic heterocycles. The number of rotatable bonds is 1. The Bertz CT molecular complexity index is 705. The molecule has 0 amide bonds. The van der Waals surface area contributed by atoms with E-state index in [4.69, 9.17) is 27.9 Å². The summed E-state index contributed by atoms with van der Waals surface area (Å²) in [5.74, 6) is 0.205. The van der Waals surface area contributed by atoms with Gasteiger partial charge in [0.1, 0.15) is 5.75 Å². The predicted molar refractivity (Wildman–Crippen MR) is 76.4 cm³/mol. The van der Waals surface area contributed by atoms with Crippen LogP contribution in [0, 0.1) is 0 Å². The zero-order valence-corrected chi connectivity index (χ0v) is 11.2. The van der Waals surface area contributed by atoms with Crippen LogP contribution in [0.5, 0.6) is 5.75 Å². The second-order valence-electron chi connectivity index (χ2n) is 4.11. The number of hydrogen-bond donors (Lipinski definition) is 0.